The third-order valence-corrected chi connectivity index (χ3v) is 5.88. The minimum Gasteiger partial charge on any atom is -0.378 e. The van der Waals surface area contributed by atoms with E-state index in [1.54, 1.807) is 0 Å². The second-order valence-electron chi connectivity index (χ2n) is 7.07. The van der Waals surface area contributed by atoms with Crippen LogP contribution in [0.3, 0.4) is 0 Å². The number of nitrogens with one attached hydrogen (secondary N) is 2. The van der Waals surface area contributed by atoms with Gasteiger partial charge in [-0.2, -0.15) is 0 Å². The van der Waals surface area contributed by atoms with E-state index in [9.17, 15) is 0 Å². The van der Waals surface area contributed by atoms with Crippen molar-refractivity contribution in [2.24, 2.45) is 16.3 Å². The summed E-state index contributed by atoms with van der Waals surface area (Å²) in [6.07, 6.45) is 9.53. The van der Waals surface area contributed by atoms with E-state index in [2.05, 4.69) is 29.5 Å². The third-order valence-electron chi connectivity index (χ3n) is 5.88. The van der Waals surface area contributed by atoms with Crippen molar-refractivity contribution in [2.75, 3.05) is 13.7 Å². The molecule has 0 bridgehead atoms. The molecule has 0 aliphatic heterocycles. The van der Waals surface area contributed by atoms with Gasteiger partial charge in [0.1, 0.15) is 0 Å². The summed E-state index contributed by atoms with van der Waals surface area (Å²) in [7, 11) is 1.89. The van der Waals surface area contributed by atoms with Crippen LogP contribution in [-0.4, -0.2) is 37.8 Å². The smallest absolute Gasteiger partial charge is 0.191 e. The Kier molecular flexibility index (Phi) is 6.39. The Morgan fingerprint density at radius 1 is 1.23 bits per heavy atom. The van der Waals surface area contributed by atoms with Crippen LogP contribution in [-0.2, 0) is 4.74 Å². The molecule has 2 N–H and O–H groups in total. The molecule has 3 saturated carbocycles. The first kappa shape index (κ1) is 18.3. The maximum Gasteiger partial charge on any atom is 0.191 e. The first-order valence-corrected chi connectivity index (χ1v) is 8.85. The minimum absolute atomic E-state index is 0. The molecule has 3 fully saturated rings. The van der Waals surface area contributed by atoms with Gasteiger partial charge in [-0.3, -0.25) is 4.99 Å². The SMILES string of the molecule is CCCC1CC1NC(=NC)NC1CC(OCC)C12CCC2.I. The average molecular weight is 421 g/mol. The molecule has 4 unspecified atom stereocenters. The predicted molar refractivity (Wildman–Crippen MR) is 102 cm³/mol. The molecule has 4 nitrogen and oxygen atoms in total. The van der Waals surface area contributed by atoms with Crippen molar-refractivity contribution in [3.8, 4) is 0 Å². The summed E-state index contributed by atoms with van der Waals surface area (Å²) in [5, 5.41) is 7.28. The average Bonchev–Trinajstić information content (AvgIpc) is 3.12. The standard InChI is InChI=1S/C17H31N3O.HI/c1-4-7-12-10-13(12)19-16(18-3)20-14-11-15(21-5-2)17(14)8-6-9-17;/h12-15H,4-11H2,1-3H3,(H2,18,19,20);1H. The van der Waals surface area contributed by atoms with Crippen LogP contribution in [0, 0.1) is 11.3 Å². The van der Waals surface area contributed by atoms with Gasteiger partial charge in [-0.15, -0.1) is 24.0 Å². The molecule has 3 aliphatic rings. The van der Waals surface area contributed by atoms with Crippen LogP contribution in [0.1, 0.15) is 58.8 Å². The molecule has 22 heavy (non-hydrogen) atoms. The highest BCUT2D eigenvalue weighted by Crippen LogP contribution is 2.57. The Labute approximate surface area is 152 Å². The Bertz CT molecular complexity index is 397. The number of ether oxygens (including phenoxy) is 1. The van der Waals surface area contributed by atoms with E-state index in [1.165, 1.54) is 38.5 Å². The number of aliphatic imine (C=N–C) groups is 1. The Morgan fingerprint density at radius 2 is 2.00 bits per heavy atom. The third kappa shape index (κ3) is 3.40. The molecule has 3 aliphatic carbocycles. The molecule has 0 aromatic heterocycles. The normalized spacial score (nSPS) is 35.1. The number of hydrogen-bond acceptors (Lipinski definition) is 2. The van der Waals surface area contributed by atoms with Crippen LogP contribution in [0.5, 0.6) is 0 Å². The largest absolute Gasteiger partial charge is 0.378 e. The zero-order valence-corrected chi connectivity index (χ0v) is 16.6. The molecule has 4 atom stereocenters. The van der Waals surface area contributed by atoms with Crippen LogP contribution in [0.2, 0.25) is 0 Å². The van der Waals surface area contributed by atoms with E-state index < -0.39 is 0 Å². The van der Waals surface area contributed by atoms with Gasteiger partial charge in [-0.25, -0.2) is 0 Å². The number of hydrogen-bond donors (Lipinski definition) is 2. The highest BCUT2D eigenvalue weighted by Gasteiger charge is 2.59. The fourth-order valence-electron chi connectivity index (χ4n) is 4.27. The van der Waals surface area contributed by atoms with Crippen molar-refractivity contribution >= 4 is 29.9 Å². The molecule has 5 heteroatoms. The number of guanidine groups is 1. The molecule has 0 saturated heterocycles. The van der Waals surface area contributed by atoms with Gasteiger partial charge in [0, 0.05) is 31.2 Å². The highest BCUT2D eigenvalue weighted by atomic mass is 127. The zero-order chi connectivity index (χ0) is 14.9. The molecule has 0 aromatic rings. The van der Waals surface area contributed by atoms with E-state index in [1.807, 2.05) is 7.05 Å². The maximum atomic E-state index is 5.92. The lowest BCUT2D eigenvalue weighted by Crippen LogP contribution is -2.68. The Balaban J connectivity index is 0.00000176. The fraction of sp³-hybridized carbons (Fsp3) is 0.941. The number of rotatable bonds is 6. The predicted octanol–water partition coefficient (Wildman–Crippen LogP) is 3.31. The summed E-state index contributed by atoms with van der Waals surface area (Å²) < 4.78 is 5.92. The van der Waals surface area contributed by atoms with Gasteiger partial charge in [-0.05, 0) is 44.9 Å². The van der Waals surface area contributed by atoms with Gasteiger partial charge in [0.25, 0.3) is 0 Å². The van der Waals surface area contributed by atoms with Crippen molar-refractivity contribution in [1.82, 2.24) is 10.6 Å². The minimum atomic E-state index is 0. The van der Waals surface area contributed by atoms with E-state index in [4.69, 9.17) is 4.74 Å². The van der Waals surface area contributed by atoms with Gasteiger partial charge in [0.15, 0.2) is 5.96 Å². The summed E-state index contributed by atoms with van der Waals surface area (Å²) in [4.78, 5) is 4.43. The van der Waals surface area contributed by atoms with Crippen LogP contribution in [0.4, 0.5) is 0 Å². The number of nitrogens with zero attached hydrogens (tertiary/aromatic N) is 1. The van der Waals surface area contributed by atoms with E-state index in [-0.39, 0.29) is 24.0 Å². The molecule has 1 spiro atoms. The molecule has 0 heterocycles. The molecular formula is C17H32IN3O. The summed E-state index contributed by atoms with van der Waals surface area (Å²) in [5.41, 5.74) is 0.403. The van der Waals surface area contributed by atoms with Crippen molar-refractivity contribution in [1.29, 1.82) is 0 Å². The van der Waals surface area contributed by atoms with Gasteiger partial charge >= 0.3 is 0 Å². The molecule has 3 rings (SSSR count). The molecule has 0 amide bonds. The first-order chi connectivity index (χ1) is 10.2. The second kappa shape index (κ2) is 7.69. The van der Waals surface area contributed by atoms with Crippen molar-refractivity contribution in [3.05, 3.63) is 0 Å². The van der Waals surface area contributed by atoms with E-state index in [0.29, 0.717) is 23.6 Å². The maximum absolute atomic E-state index is 5.92. The van der Waals surface area contributed by atoms with Gasteiger partial charge in [-0.1, -0.05) is 19.8 Å². The fourth-order valence-corrected chi connectivity index (χ4v) is 4.27. The molecule has 0 radical (unpaired) electrons. The molecular weight excluding hydrogens is 389 g/mol. The van der Waals surface area contributed by atoms with Crippen LogP contribution >= 0.6 is 24.0 Å². The van der Waals surface area contributed by atoms with Crippen molar-refractivity contribution in [3.63, 3.8) is 0 Å². The summed E-state index contributed by atoms with van der Waals surface area (Å²) in [5.74, 6) is 1.87. The molecule has 128 valence electrons. The Morgan fingerprint density at radius 3 is 2.55 bits per heavy atom. The lowest BCUT2D eigenvalue weighted by molar-refractivity contribution is -0.168. The van der Waals surface area contributed by atoms with Crippen LogP contribution in [0.25, 0.3) is 0 Å². The van der Waals surface area contributed by atoms with E-state index in [0.717, 1.165) is 24.9 Å². The summed E-state index contributed by atoms with van der Waals surface area (Å²) in [6, 6.07) is 1.20. The van der Waals surface area contributed by atoms with Gasteiger partial charge in [0.2, 0.25) is 0 Å². The first-order valence-electron chi connectivity index (χ1n) is 8.85. The lowest BCUT2D eigenvalue weighted by atomic mass is 9.51. The highest BCUT2D eigenvalue weighted by molar-refractivity contribution is 14.0. The summed E-state index contributed by atoms with van der Waals surface area (Å²) in [6.45, 7) is 5.21. The Hall–Kier alpha value is -0.0400. The van der Waals surface area contributed by atoms with Crippen LogP contribution in [0.15, 0.2) is 4.99 Å². The number of halogens is 1. The topological polar surface area (TPSA) is 45.7 Å². The second-order valence-corrected chi connectivity index (χ2v) is 7.07. The van der Waals surface area contributed by atoms with E-state index >= 15 is 0 Å². The summed E-state index contributed by atoms with van der Waals surface area (Å²) >= 11 is 0. The molecule has 0 aromatic carbocycles. The zero-order valence-electron chi connectivity index (χ0n) is 14.2. The lowest BCUT2D eigenvalue weighted by Gasteiger charge is -2.61. The monoisotopic (exact) mass is 421 g/mol. The van der Waals surface area contributed by atoms with Gasteiger partial charge in [0.05, 0.1) is 6.10 Å². The van der Waals surface area contributed by atoms with Gasteiger partial charge < -0.3 is 15.4 Å². The van der Waals surface area contributed by atoms with Crippen molar-refractivity contribution in [2.45, 2.75) is 77.0 Å². The van der Waals surface area contributed by atoms with Crippen LogP contribution < -0.4 is 10.6 Å². The quantitative estimate of drug-likeness (QED) is 0.393. The van der Waals surface area contributed by atoms with Crippen molar-refractivity contribution < 1.29 is 4.74 Å².